The van der Waals surface area contributed by atoms with Crippen molar-refractivity contribution in [2.45, 2.75) is 19.0 Å². The maximum atomic E-state index is 11.8. The summed E-state index contributed by atoms with van der Waals surface area (Å²) in [4.78, 5) is 23.0. The van der Waals surface area contributed by atoms with E-state index < -0.39 is 12.0 Å². The number of rotatable bonds is 6. The zero-order chi connectivity index (χ0) is 14.4. The molecule has 1 aromatic carbocycles. The van der Waals surface area contributed by atoms with Gasteiger partial charge in [0, 0.05) is 18.8 Å². The normalized spacial score (nSPS) is 11.8. The maximum Gasteiger partial charge on any atom is 0.326 e. The molecule has 0 spiro atoms. The lowest BCUT2D eigenvalue weighted by Gasteiger charge is -2.14. The fraction of sp³-hybridized carbons (Fsp3) is 0.214. The average molecular weight is 273 g/mol. The predicted octanol–water partition coefficient (Wildman–Crippen LogP) is 0.695. The zero-order valence-corrected chi connectivity index (χ0v) is 10.8. The maximum absolute atomic E-state index is 11.8. The summed E-state index contributed by atoms with van der Waals surface area (Å²) in [6.07, 6.45) is 3.46. The monoisotopic (exact) mass is 273 g/mol. The Balaban J connectivity index is 1.95. The highest BCUT2D eigenvalue weighted by Crippen LogP contribution is 2.03. The van der Waals surface area contributed by atoms with Crippen molar-refractivity contribution in [2.24, 2.45) is 0 Å². The van der Waals surface area contributed by atoms with E-state index in [0.717, 1.165) is 5.56 Å². The number of hydrogen-bond donors (Lipinski definition) is 2. The van der Waals surface area contributed by atoms with Gasteiger partial charge in [-0.15, -0.1) is 0 Å². The number of nitrogens with one attached hydrogen (secondary N) is 1. The van der Waals surface area contributed by atoms with Crippen LogP contribution in [0.15, 0.2) is 48.8 Å². The van der Waals surface area contributed by atoms with Crippen molar-refractivity contribution in [1.29, 1.82) is 0 Å². The van der Waals surface area contributed by atoms with Gasteiger partial charge in [-0.05, 0) is 11.6 Å². The number of aliphatic carboxylic acids is 1. The number of carboxylic acid groups (broad SMARTS) is 1. The molecule has 0 fully saturated rings. The number of amides is 1. The molecule has 1 amide bonds. The van der Waals surface area contributed by atoms with Crippen molar-refractivity contribution in [2.75, 3.05) is 0 Å². The van der Waals surface area contributed by atoms with E-state index in [4.69, 9.17) is 0 Å². The second-order valence-electron chi connectivity index (χ2n) is 4.35. The van der Waals surface area contributed by atoms with Crippen LogP contribution in [0.1, 0.15) is 5.56 Å². The van der Waals surface area contributed by atoms with E-state index in [2.05, 4.69) is 10.4 Å². The van der Waals surface area contributed by atoms with Gasteiger partial charge in [-0.25, -0.2) is 4.79 Å². The van der Waals surface area contributed by atoms with Crippen molar-refractivity contribution in [3.63, 3.8) is 0 Å². The molecule has 1 aromatic heterocycles. The summed E-state index contributed by atoms with van der Waals surface area (Å²) in [7, 11) is 0. The van der Waals surface area contributed by atoms with Gasteiger partial charge >= 0.3 is 5.97 Å². The van der Waals surface area contributed by atoms with Crippen molar-refractivity contribution in [3.05, 3.63) is 54.4 Å². The molecule has 0 bridgehead atoms. The topological polar surface area (TPSA) is 84.2 Å². The third-order valence-electron chi connectivity index (χ3n) is 2.78. The molecule has 104 valence electrons. The zero-order valence-electron chi connectivity index (χ0n) is 10.8. The molecule has 20 heavy (non-hydrogen) atoms. The number of hydrogen-bond acceptors (Lipinski definition) is 3. The van der Waals surface area contributed by atoms with E-state index in [9.17, 15) is 14.7 Å². The lowest BCUT2D eigenvalue weighted by Crippen LogP contribution is -2.43. The van der Waals surface area contributed by atoms with Gasteiger partial charge in [0.25, 0.3) is 0 Å². The van der Waals surface area contributed by atoms with E-state index in [-0.39, 0.29) is 18.9 Å². The highest BCUT2D eigenvalue weighted by atomic mass is 16.4. The Morgan fingerprint density at radius 1 is 1.25 bits per heavy atom. The fourth-order valence-corrected chi connectivity index (χ4v) is 1.83. The average Bonchev–Trinajstić information content (AvgIpc) is 2.92. The van der Waals surface area contributed by atoms with Crippen LogP contribution in [-0.2, 0) is 22.6 Å². The lowest BCUT2D eigenvalue weighted by molar-refractivity contribution is -0.141. The van der Waals surface area contributed by atoms with Crippen molar-refractivity contribution >= 4 is 11.9 Å². The Bertz CT molecular complexity index is 567. The van der Waals surface area contributed by atoms with Crippen LogP contribution in [-0.4, -0.2) is 32.8 Å². The highest BCUT2D eigenvalue weighted by molar-refractivity contribution is 5.83. The minimum Gasteiger partial charge on any atom is -0.480 e. The minimum atomic E-state index is -1.05. The molecule has 0 radical (unpaired) electrons. The standard InChI is InChI=1S/C14H15N3O3/c18-13(10-17-8-4-7-15-17)16-12(14(19)20)9-11-5-2-1-3-6-11/h1-8,12H,9-10H2,(H,16,18)(H,19,20). The first-order chi connectivity index (χ1) is 9.65. The van der Waals surface area contributed by atoms with Crippen LogP contribution in [0.25, 0.3) is 0 Å². The molecule has 6 heteroatoms. The summed E-state index contributed by atoms with van der Waals surface area (Å²) in [6, 6.07) is 9.94. The summed E-state index contributed by atoms with van der Waals surface area (Å²) < 4.78 is 1.44. The molecule has 1 unspecified atom stereocenters. The Kier molecular flexibility index (Phi) is 4.49. The first-order valence-corrected chi connectivity index (χ1v) is 6.18. The first-order valence-electron chi connectivity index (χ1n) is 6.18. The molecular weight excluding hydrogens is 258 g/mol. The van der Waals surface area contributed by atoms with E-state index >= 15 is 0 Å². The summed E-state index contributed by atoms with van der Waals surface area (Å²) in [5.41, 5.74) is 0.860. The first kappa shape index (κ1) is 13.8. The second kappa shape index (κ2) is 6.51. The molecule has 0 aliphatic heterocycles. The molecule has 0 saturated heterocycles. The lowest BCUT2D eigenvalue weighted by atomic mass is 10.1. The number of carboxylic acids is 1. The Morgan fingerprint density at radius 3 is 2.60 bits per heavy atom. The summed E-state index contributed by atoms with van der Waals surface area (Å²) in [6.45, 7) is 0.00553. The van der Waals surface area contributed by atoms with Crippen LogP contribution in [0.3, 0.4) is 0 Å². The minimum absolute atomic E-state index is 0.00553. The number of benzene rings is 1. The number of aromatic nitrogens is 2. The molecular formula is C14H15N3O3. The van der Waals surface area contributed by atoms with Crippen LogP contribution in [0.2, 0.25) is 0 Å². The number of nitrogens with zero attached hydrogens (tertiary/aromatic N) is 2. The Morgan fingerprint density at radius 2 is 2.00 bits per heavy atom. The molecule has 1 atom stereocenters. The molecule has 2 rings (SSSR count). The molecule has 2 aromatic rings. The van der Waals surface area contributed by atoms with Gasteiger partial charge in [0.05, 0.1) is 0 Å². The molecule has 0 saturated carbocycles. The second-order valence-corrected chi connectivity index (χ2v) is 4.35. The van der Waals surface area contributed by atoms with Crippen LogP contribution >= 0.6 is 0 Å². The third kappa shape index (κ3) is 3.94. The number of carbonyl (C=O) groups excluding carboxylic acids is 1. The van der Waals surface area contributed by atoms with Gasteiger partial charge in [0.15, 0.2) is 0 Å². The SMILES string of the molecule is O=C(Cn1cccn1)NC(Cc1ccccc1)C(=O)O. The van der Waals surface area contributed by atoms with Gasteiger partial charge in [0.2, 0.25) is 5.91 Å². The quantitative estimate of drug-likeness (QED) is 0.811. The third-order valence-corrected chi connectivity index (χ3v) is 2.78. The molecule has 0 aliphatic carbocycles. The van der Waals surface area contributed by atoms with E-state index in [0.29, 0.717) is 0 Å². The van der Waals surface area contributed by atoms with Crippen LogP contribution < -0.4 is 5.32 Å². The van der Waals surface area contributed by atoms with Crippen molar-refractivity contribution in [1.82, 2.24) is 15.1 Å². The van der Waals surface area contributed by atoms with Gasteiger partial charge in [-0.2, -0.15) is 5.10 Å². The van der Waals surface area contributed by atoms with Crippen LogP contribution in [0.4, 0.5) is 0 Å². The summed E-state index contributed by atoms with van der Waals surface area (Å²) in [5.74, 6) is -1.43. The van der Waals surface area contributed by atoms with Crippen LogP contribution in [0.5, 0.6) is 0 Å². The number of carbonyl (C=O) groups is 2. The largest absolute Gasteiger partial charge is 0.480 e. The highest BCUT2D eigenvalue weighted by Gasteiger charge is 2.20. The molecule has 6 nitrogen and oxygen atoms in total. The fourth-order valence-electron chi connectivity index (χ4n) is 1.83. The molecule has 2 N–H and O–H groups in total. The molecule has 1 heterocycles. The van der Waals surface area contributed by atoms with Crippen molar-refractivity contribution < 1.29 is 14.7 Å². The van der Waals surface area contributed by atoms with Gasteiger partial charge in [-0.1, -0.05) is 30.3 Å². The van der Waals surface area contributed by atoms with E-state index in [1.54, 1.807) is 18.5 Å². The van der Waals surface area contributed by atoms with E-state index in [1.807, 2.05) is 30.3 Å². The Labute approximate surface area is 116 Å². The van der Waals surface area contributed by atoms with Crippen LogP contribution in [0, 0.1) is 0 Å². The molecule has 0 aliphatic rings. The Hall–Kier alpha value is -2.63. The van der Waals surface area contributed by atoms with Gasteiger partial charge in [0.1, 0.15) is 12.6 Å². The van der Waals surface area contributed by atoms with E-state index in [1.165, 1.54) is 4.68 Å². The summed E-state index contributed by atoms with van der Waals surface area (Å²) in [5, 5.41) is 15.6. The van der Waals surface area contributed by atoms with Gasteiger partial charge < -0.3 is 10.4 Å². The smallest absolute Gasteiger partial charge is 0.326 e. The van der Waals surface area contributed by atoms with Gasteiger partial charge in [-0.3, -0.25) is 9.48 Å². The summed E-state index contributed by atoms with van der Waals surface area (Å²) >= 11 is 0. The predicted molar refractivity (Wildman–Crippen MR) is 71.9 cm³/mol. The van der Waals surface area contributed by atoms with Crippen molar-refractivity contribution in [3.8, 4) is 0 Å².